The number of fused-ring (bicyclic) bond motifs is 1. The molecule has 0 bridgehead atoms. The second-order valence-corrected chi connectivity index (χ2v) is 7.31. The first-order chi connectivity index (χ1) is 14.9. The van der Waals surface area contributed by atoms with Gasteiger partial charge in [-0.05, 0) is 18.6 Å². The number of nitrogens with two attached hydrogens (primary N) is 1. The Morgan fingerprint density at radius 1 is 1.26 bits per heavy atom. The van der Waals surface area contributed by atoms with Gasteiger partial charge in [0.1, 0.15) is 11.9 Å². The van der Waals surface area contributed by atoms with E-state index < -0.39 is 24.0 Å². The summed E-state index contributed by atoms with van der Waals surface area (Å²) >= 11 is 0. The van der Waals surface area contributed by atoms with Crippen LogP contribution in [0.2, 0.25) is 0 Å². The molecule has 1 aliphatic rings. The molecule has 9 heteroatoms. The first-order valence-electron chi connectivity index (χ1n) is 9.75. The van der Waals surface area contributed by atoms with Crippen LogP contribution < -0.4 is 21.1 Å². The molecule has 0 aliphatic carbocycles. The summed E-state index contributed by atoms with van der Waals surface area (Å²) in [6.07, 6.45) is -0.132. The lowest BCUT2D eigenvalue weighted by Gasteiger charge is -2.47. The summed E-state index contributed by atoms with van der Waals surface area (Å²) in [5.41, 5.74) is 6.88. The van der Waals surface area contributed by atoms with Crippen molar-refractivity contribution in [3.05, 3.63) is 59.7 Å². The van der Waals surface area contributed by atoms with Gasteiger partial charge in [-0.25, -0.2) is 4.99 Å². The third-order valence-corrected chi connectivity index (χ3v) is 5.26. The molecule has 1 heterocycles. The number of hydrogen-bond acceptors (Lipinski definition) is 7. The van der Waals surface area contributed by atoms with Crippen LogP contribution in [0.1, 0.15) is 24.1 Å². The van der Waals surface area contributed by atoms with Crippen molar-refractivity contribution >= 4 is 11.6 Å². The number of ether oxygens (including phenoxy) is 3. The van der Waals surface area contributed by atoms with Crippen molar-refractivity contribution in [1.82, 2.24) is 10.6 Å². The molecule has 0 radical (unpaired) electrons. The Hall–Kier alpha value is -3.32. The summed E-state index contributed by atoms with van der Waals surface area (Å²) in [5, 5.41) is 26.2. The zero-order valence-electron chi connectivity index (χ0n) is 17.7. The van der Waals surface area contributed by atoms with Gasteiger partial charge in [-0.3, -0.25) is 5.32 Å². The number of rotatable bonds is 6. The van der Waals surface area contributed by atoms with Crippen LogP contribution in [0.25, 0.3) is 0 Å². The fourth-order valence-corrected chi connectivity index (χ4v) is 3.70. The molecule has 0 unspecified atom stereocenters. The molecule has 0 aromatic heterocycles. The van der Waals surface area contributed by atoms with Gasteiger partial charge in [-0.2, -0.15) is 5.26 Å². The highest BCUT2D eigenvalue weighted by Crippen LogP contribution is 2.44. The zero-order valence-corrected chi connectivity index (χ0v) is 17.7. The number of hydrogen-bond donors (Lipinski definition) is 4. The molecule has 3 atom stereocenters. The Balaban J connectivity index is 1.98. The van der Waals surface area contributed by atoms with Crippen LogP contribution in [0.5, 0.6) is 5.75 Å². The topological polar surface area (TPSA) is 134 Å². The Labute approximate surface area is 181 Å². The highest BCUT2D eigenvalue weighted by molar-refractivity contribution is 5.82. The van der Waals surface area contributed by atoms with Gasteiger partial charge in [0.15, 0.2) is 18.1 Å². The molecular weight excluding hydrogens is 398 g/mol. The van der Waals surface area contributed by atoms with Crippen molar-refractivity contribution in [2.45, 2.75) is 37.5 Å². The molecule has 2 aromatic rings. The fourth-order valence-electron chi connectivity index (χ4n) is 3.70. The molecule has 0 saturated heterocycles. The van der Waals surface area contributed by atoms with Crippen LogP contribution >= 0.6 is 0 Å². The van der Waals surface area contributed by atoms with Gasteiger partial charge in [0.25, 0.3) is 0 Å². The predicted molar refractivity (Wildman–Crippen MR) is 116 cm³/mol. The minimum Gasteiger partial charge on any atom is -0.477 e. The second-order valence-electron chi connectivity index (χ2n) is 7.31. The molecule has 0 amide bonds. The Bertz CT molecular complexity index is 958. The first kappa shape index (κ1) is 22.4. The Morgan fingerprint density at radius 3 is 2.61 bits per heavy atom. The van der Waals surface area contributed by atoms with E-state index in [9.17, 15) is 10.4 Å². The maximum Gasteiger partial charge on any atom is 0.205 e. The summed E-state index contributed by atoms with van der Waals surface area (Å²) in [6.45, 7) is 2.02. The normalized spacial score (nSPS) is 22.9. The van der Waals surface area contributed by atoms with E-state index >= 15 is 0 Å². The minimum atomic E-state index is -1.29. The second kappa shape index (κ2) is 9.66. The van der Waals surface area contributed by atoms with E-state index in [2.05, 4.69) is 15.6 Å². The number of methoxy groups -OCH3 is 2. The number of guanidine groups is 1. The van der Waals surface area contributed by atoms with Crippen LogP contribution in [0.4, 0.5) is 5.69 Å². The molecule has 1 aliphatic heterocycles. The standard InChI is InChI=1S/C22H27N5O4/c1-22(20(29-2)30-3)19(28)17(15-10-7-11-16(24)18(15)31-22)27-21(26-13-23)25-12-14-8-5-4-6-9-14/h4-11,17,19-20,28H,12,24H2,1-3H3,(H2,25,26,27)/t17-,19+,22-/m1/s1. The lowest BCUT2D eigenvalue weighted by Crippen LogP contribution is -2.62. The third kappa shape index (κ3) is 4.56. The summed E-state index contributed by atoms with van der Waals surface area (Å²) in [5.74, 6) is 0.616. The van der Waals surface area contributed by atoms with E-state index in [1.807, 2.05) is 36.5 Å². The number of anilines is 1. The van der Waals surface area contributed by atoms with Crippen LogP contribution in [0, 0.1) is 11.5 Å². The van der Waals surface area contributed by atoms with Crippen LogP contribution in [0.15, 0.2) is 53.5 Å². The van der Waals surface area contributed by atoms with Crippen LogP contribution in [-0.4, -0.2) is 43.3 Å². The maximum atomic E-state index is 11.3. The highest BCUT2D eigenvalue weighted by atomic mass is 16.7. The number of aliphatic hydroxyl groups is 1. The molecule has 0 fully saturated rings. The van der Waals surface area contributed by atoms with Gasteiger partial charge < -0.3 is 30.4 Å². The maximum absolute atomic E-state index is 11.3. The van der Waals surface area contributed by atoms with Crippen molar-refractivity contribution < 1.29 is 19.3 Å². The summed E-state index contributed by atoms with van der Waals surface area (Å²) in [6, 6.07) is 14.2. The number of nitrogens with one attached hydrogen (secondary N) is 2. The average Bonchev–Trinajstić information content (AvgIpc) is 2.77. The molecular formula is C22H27N5O4. The minimum absolute atomic E-state index is 0.208. The van der Waals surface area contributed by atoms with Gasteiger partial charge in [0.05, 0.1) is 18.3 Å². The van der Waals surface area contributed by atoms with Crippen LogP contribution in [0.3, 0.4) is 0 Å². The number of aliphatic imine (C=N–C) groups is 1. The predicted octanol–water partition coefficient (Wildman–Crippen LogP) is 1.66. The van der Waals surface area contributed by atoms with E-state index in [4.69, 9.17) is 19.9 Å². The van der Waals surface area contributed by atoms with Gasteiger partial charge in [-0.1, -0.05) is 42.5 Å². The zero-order chi connectivity index (χ0) is 22.4. The van der Waals surface area contributed by atoms with Gasteiger partial charge in [0.2, 0.25) is 5.96 Å². The largest absolute Gasteiger partial charge is 0.477 e. The number of para-hydroxylation sites is 1. The average molecular weight is 425 g/mol. The summed E-state index contributed by atoms with van der Waals surface area (Å²) in [7, 11) is 2.93. The smallest absolute Gasteiger partial charge is 0.205 e. The first-order valence-corrected chi connectivity index (χ1v) is 9.75. The lowest BCUT2D eigenvalue weighted by atomic mass is 9.84. The highest BCUT2D eigenvalue weighted by Gasteiger charge is 2.52. The Morgan fingerprint density at radius 2 is 1.97 bits per heavy atom. The molecule has 164 valence electrons. The lowest BCUT2D eigenvalue weighted by molar-refractivity contribution is -0.238. The van der Waals surface area contributed by atoms with E-state index in [1.165, 1.54) is 14.2 Å². The van der Waals surface area contributed by atoms with E-state index in [0.29, 0.717) is 23.5 Å². The van der Waals surface area contributed by atoms with Crippen molar-refractivity contribution in [2.24, 2.45) is 4.99 Å². The Kier molecular flexibility index (Phi) is 6.97. The van der Waals surface area contributed by atoms with Crippen LogP contribution in [-0.2, 0) is 16.0 Å². The molecule has 0 spiro atoms. The number of nitrogens with zero attached hydrogens (tertiary/aromatic N) is 2. The van der Waals surface area contributed by atoms with Crippen molar-refractivity contribution in [1.29, 1.82) is 5.26 Å². The molecule has 0 saturated carbocycles. The summed E-state index contributed by atoms with van der Waals surface area (Å²) < 4.78 is 16.9. The number of nitrogen functional groups attached to an aromatic ring is 1. The monoisotopic (exact) mass is 425 g/mol. The quantitative estimate of drug-likeness (QED) is 0.137. The molecule has 2 aromatic carbocycles. The number of nitriles is 1. The van der Waals surface area contributed by atoms with E-state index in [0.717, 1.165) is 5.56 Å². The third-order valence-electron chi connectivity index (χ3n) is 5.26. The van der Waals surface area contributed by atoms with Gasteiger partial charge in [0, 0.05) is 19.8 Å². The SMILES string of the molecule is COC(OC)[C@]1(C)Oc2c(N)cccc2[C@@H](NC(=NCc2ccccc2)NC#N)[C@@H]1O. The van der Waals surface area contributed by atoms with E-state index in [-0.39, 0.29) is 5.96 Å². The molecule has 3 rings (SSSR count). The fraction of sp³-hybridized carbons (Fsp3) is 0.364. The van der Waals surface area contributed by atoms with Crippen molar-refractivity contribution in [3.63, 3.8) is 0 Å². The van der Waals surface area contributed by atoms with Gasteiger partial charge in [-0.15, -0.1) is 0 Å². The van der Waals surface area contributed by atoms with Gasteiger partial charge >= 0.3 is 0 Å². The molecule has 9 nitrogen and oxygen atoms in total. The molecule has 31 heavy (non-hydrogen) atoms. The number of aliphatic hydroxyl groups excluding tert-OH is 1. The molecule has 5 N–H and O–H groups in total. The number of benzene rings is 2. The summed E-state index contributed by atoms with van der Waals surface area (Å²) in [4.78, 5) is 4.47. The van der Waals surface area contributed by atoms with Crippen molar-refractivity contribution in [2.75, 3.05) is 20.0 Å². The van der Waals surface area contributed by atoms with E-state index in [1.54, 1.807) is 25.1 Å². The van der Waals surface area contributed by atoms with Crippen molar-refractivity contribution in [3.8, 4) is 11.9 Å².